The van der Waals surface area contributed by atoms with E-state index in [4.69, 9.17) is 0 Å². The summed E-state index contributed by atoms with van der Waals surface area (Å²) in [5, 5.41) is -5.63. The first kappa shape index (κ1) is 78.5. The molecule has 21 rings (SSSR count). The van der Waals surface area contributed by atoms with E-state index in [0.29, 0.717) is 36.4 Å². The molecule has 11 aromatic carbocycles. The Morgan fingerprint density at radius 2 is 0.675 bits per heavy atom. The molecule has 16 bridgehead atoms. The monoisotopic (exact) mass is 1760 g/mol. The van der Waals surface area contributed by atoms with Crippen LogP contribution in [-0.4, -0.2) is 53.9 Å². The Hall–Kier alpha value is -14.7. The van der Waals surface area contributed by atoms with Gasteiger partial charge in [0, 0.05) is 88.3 Å². The lowest BCUT2D eigenvalue weighted by Crippen LogP contribution is -2.67. The quantitative estimate of drug-likeness (QED) is 0.0795. The molecule has 0 spiro atoms. The second-order valence-electron chi connectivity index (χ2n) is 29.7. The van der Waals surface area contributed by atoms with Crippen LogP contribution in [0.3, 0.4) is 0 Å². The predicted octanol–water partition coefficient (Wildman–Crippen LogP) is 23.4. The zero-order valence-corrected chi connectivity index (χ0v) is 61.2. The third-order valence-electron chi connectivity index (χ3n) is 23.9. The number of nitrogens with one attached hydrogen (secondary N) is 2. The summed E-state index contributed by atoms with van der Waals surface area (Å²) >= 11 is 0. The lowest BCUT2D eigenvalue weighted by molar-refractivity contribution is -0.0510. The molecular weight excluding hydrogens is 1730 g/mol. The number of aliphatic imine (C=N–C) groups is 2. The third kappa shape index (κ3) is 9.09. The number of allylic oxidation sites excluding steroid dienone is 2. The van der Waals surface area contributed by atoms with E-state index in [1.165, 1.54) is 0 Å². The van der Waals surface area contributed by atoms with Crippen molar-refractivity contribution < 1.29 is 133 Å². The highest BCUT2D eigenvalue weighted by Gasteiger charge is 2.75. The molecule has 6 aliphatic heterocycles. The third-order valence-corrected chi connectivity index (χ3v) is 23.9. The summed E-state index contributed by atoms with van der Waals surface area (Å²) < 4.78 is 497. The zero-order valence-electron chi connectivity index (χ0n) is 61.2. The predicted molar refractivity (Wildman–Crippen MR) is 394 cm³/mol. The molecule has 0 saturated carbocycles. The van der Waals surface area contributed by atoms with Gasteiger partial charge in [0.1, 0.15) is 0 Å². The Kier molecular flexibility index (Phi) is 16.2. The van der Waals surface area contributed by atoms with Gasteiger partial charge >= 0.3 is 0 Å². The lowest BCUT2D eigenvalue weighted by Gasteiger charge is -2.52. The van der Waals surface area contributed by atoms with Crippen LogP contribution in [0.1, 0.15) is 87.9 Å². The number of aromatic amines is 2. The average molecular weight is 1760 g/mol. The molecule has 36 heteroatoms. The second kappa shape index (κ2) is 25.9. The van der Waals surface area contributed by atoms with Crippen molar-refractivity contribution in [2.75, 3.05) is 0 Å². The lowest BCUT2D eigenvalue weighted by atomic mass is 9.69. The minimum absolute atomic E-state index is 0.0204. The summed E-state index contributed by atoms with van der Waals surface area (Å²) in [6.07, 6.45) is 1.65. The highest BCUT2D eigenvalue weighted by molar-refractivity contribution is 6.37. The Labute approximate surface area is 680 Å². The largest absolute Gasteiger partial charge is 0.354 e. The van der Waals surface area contributed by atoms with Crippen molar-refractivity contribution in [2.24, 2.45) is 9.98 Å². The number of aromatic nitrogens is 3. The van der Waals surface area contributed by atoms with E-state index in [9.17, 15) is 0 Å². The van der Waals surface area contributed by atoms with Crippen LogP contribution in [-0.2, 0) is 11.1 Å². The molecule has 8 nitrogen and oxygen atoms in total. The number of benzene rings is 11. The molecular formula is C90H28F28N6O2. The number of hydrogen-bond acceptors (Lipinski definition) is 5. The van der Waals surface area contributed by atoms with Crippen molar-refractivity contribution in [3.63, 3.8) is 0 Å². The van der Waals surface area contributed by atoms with E-state index in [2.05, 4.69) is 20.0 Å². The van der Waals surface area contributed by atoms with Crippen LogP contribution < -0.4 is 0 Å². The number of carbonyl (C=O) groups is 2. The van der Waals surface area contributed by atoms with Crippen molar-refractivity contribution in [2.45, 2.75) is 22.5 Å². The van der Waals surface area contributed by atoms with Crippen molar-refractivity contribution in [3.8, 4) is 22.5 Å². The number of alkyl halides is 2. The highest BCUT2D eigenvalue weighted by Crippen LogP contribution is 2.68. The summed E-state index contributed by atoms with van der Waals surface area (Å²) in [7, 11) is 0. The van der Waals surface area contributed by atoms with Crippen LogP contribution in [0.4, 0.5) is 123 Å². The Morgan fingerprint density at radius 1 is 0.302 bits per heavy atom. The van der Waals surface area contributed by atoms with Gasteiger partial charge in [0.25, 0.3) is 0 Å². The number of fused-ring (bicyclic) bond motifs is 10. The second-order valence-corrected chi connectivity index (χ2v) is 29.7. The van der Waals surface area contributed by atoms with E-state index in [-0.39, 0.29) is 29.2 Å². The van der Waals surface area contributed by atoms with E-state index in [0.717, 1.165) is 97.1 Å². The van der Waals surface area contributed by atoms with Crippen LogP contribution in [0.2, 0.25) is 0 Å². The molecule has 0 radical (unpaired) electrons. The Morgan fingerprint density at radius 3 is 1.19 bits per heavy atom. The van der Waals surface area contributed by atoms with Gasteiger partial charge in [0.05, 0.1) is 90.1 Å². The summed E-state index contributed by atoms with van der Waals surface area (Å²) in [4.78, 5) is 48.0. The first-order chi connectivity index (χ1) is 60.0. The normalized spacial score (nSPS) is 20.7. The number of ketones is 2. The van der Waals surface area contributed by atoms with Gasteiger partial charge in [-0.05, 0) is 24.3 Å². The van der Waals surface area contributed by atoms with E-state index >= 15 is 133 Å². The first-order valence-electron chi connectivity index (χ1n) is 36.6. The van der Waals surface area contributed by atoms with Crippen LogP contribution in [0.25, 0.3) is 88.8 Å². The average Bonchev–Trinajstić information content (AvgIpc) is 1.48. The van der Waals surface area contributed by atoms with Gasteiger partial charge < -0.3 is 19.4 Å². The molecule has 4 atom stereocenters. The van der Waals surface area contributed by atoms with Crippen molar-refractivity contribution >= 4 is 89.2 Å². The molecule has 0 saturated heterocycles. The fourth-order valence-corrected chi connectivity index (χ4v) is 18.9. The van der Waals surface area contributed by atoms with Crippen molar-refractivity contribution in [1.82, 2.24) is 19.4 Å². The number of carbonyl (C=O) groups excluding carboxylic acids is 2. The van der Waals surface area contributed by atoms with E-state index in [1.807, 2.05) is 0 Å². The first-order valence-corrected chi connectivity index (χ1v) is 36.6. The smallest absolute Gasteiger partial charge is 0.245 e. The number of nitrogens with zero attached hydrogens (tertiary/aromatic N) is 4. The van der Waals surface area contributed by atoms with Gasteiger partial charge in [-0.25, -0.2) is 133 Å². The Balaban J connectivity index is 1.10. The molecule has 1 aliphatic carbocycles. The van der Waals surface area contributed by atoms with E-state index in [1.54, 1.807) is 0 Å². The SMILES string of the molecule is O=C1c2ccccc2C2=C3c4[nH]c(c5ccccc45)/C(c4c(F)c(F)c(F)c(F)c4F)=C4\N=C(c5c4ccc(F)c5F)C4(c5c(F)c(F)c(F)c(F)c5F)C(=O)c5ccccc5-c5c(c6c(F)c(F)c(F)c(F)c6n54)-c4[nH]c(c5ccccc45)/C(c4c(F)c(F)c(F)c(F)c4F)=C4\N=C(c5ccccc54)C1(c1c(F)c(F)c(F)c(F)c1F)N2C1(F)C=CC=CC31F. The Bertz CT molecular complexity index is 7800. The number of rotatable bonds is 4. The van der Waals surface area contributed by atoms with Crippen molar-refractivity contribution in [3.05, 3.63) is 387 Å². The molecule has 0 amide bonds. The highest BCUT2D eigenvalue weighted by atomic mass is 19.2. The molecule has 4 unspecified atom stereocenters. The minimum Gasteiger partial charge on any atom is -0.354 e. The maximum atomic E-state index is 21.2. The van der Waals surface area contributed by atoms with Gasteiger partial charge in [-0.15, -0.1) is 0 Å². The molecule has 7 aliphatic rings. The van der Waals surface area contributed by atoms with Crippen LogP contribution in [0.5, 0.6) is 0 Å². The molecule has 626 valence electrons. The van der Waals surface area contributed by atoms with Gasteiger partial charge in [-0.1, -0.05) is 133 Å². The maximum Gasteiger partial charge on any atom is 0.245 e. The number of H-pyrrole nitrogens is 2. The zero-order chi connectivity index (χ0) is 89.0. The summed E-state index contributed by atoms with van der Waals surface area (Å²) in [5.41, 5.74) is -59.5. The fourth-order valence-electron chi connectivity index (χ4n) is 18.9. The molecule has 3 aromatic heterocycles. The van der Waals surface area contributed by atoms with Gasteiger partial charge in [0.15, 0.2) is 145 Å². The molecule has 2 N–H and O–H groups in total. The minimum atomic E-state index is -5.07. The summed E-state index contributed by atoms with van der Waals surface area (Å²) in [6.45, 7) is 0. The number of halogens is 28. The molecule has 9 heterocycles. The topological polar surface area (TPSA) is 98.6 Å². The summed E-state index contributed by atoms with van der Waals surface area (Å²) in [5.74, 6) is -87.8. The maximum absolute atomic E-state index is 21.2. The molecule has 126 heavy (non-hydrogen) atoms. The van der Waals surface area contributed by atoms with Gasteiger partial charge in [-0.3, -0.25) is 9.59 Å². The molecule has 0 fully saturated rings. The van der Waals surface area contributed by atoms with Crippen LogP contribution >= 0.6 is 0 Å². The van der Waals surface area contributed by atoms with Crippen LogP contribution in [0, 0.1) is 151 Å². The number of Topliss-reactive ketones (excluding diaryl/α,β-unsaturated/α-hetero) is 2. The van der Waals surface area contributed by atoms with Crippen molar-refractivity contribution in [1.29, 1.82) is 0 Å². The standard InChI is InChI=1S/C90H28F28N6O2/c91-38-24-23-37-39(49(38)92)84-89(46-55(98)64(107)70(113)65(108)56(46)99)85(125)35-21-9-6-18-32(35)80-45(42-54(97)63(106)72(115)73(116)82(42)123(80)89)77-28-14-2-1-13-27(28)74(119-77)43(40-50(93)59(102)68(111)60(103)51(40)94)76-31-17-5-8-20-34(31)83(121-76)90(47-57(100)66(109)71(114)67(110)58(47)101)86(126)36-22-10-7-19-33(36)81-48(87(117)25-11-12-26-88(87,118)124(81)90)79-30-16-4-3-15-29(30)75(120-79)44(78(37)122-84)41-52(95)61(104)69(112)62(105)53(41)96/h1-26,119-120H/b76-43-,78-44-. The van der Waals surface area contributed by atoms with Gasteiger partial charge in [0.2, 0.25) is 40.5 Å². The van der Waals surface area contributed by atoms with Crippen LogP contribution in [0.15, 0.2) is 168 Å². The molecule has 14 aromatic rings. The van der Waals surface area contributed by atoms with E-state index < -0.39 is 368 Å². The van der Waals surface area contributed by atoms with Gasteiger partial charge in [-0.2, -0.15) is 0 Å². The summed E-state index contributed by atoms with van der Waals surface area (Å²) in [6, 6.07) is 16.7. The number of hydrogen-bond donors (Lipinski definition) is 2. The fraction of sp³-hybridized carbons (Fsp3) is 0.0444.